The second-order valence-corrected chi connectivity index (χ2v) is 3.56. The normalized spacial score (nSPS) is 11.5. The second kappa shape index (κ2) is 4.70. The lowest BCUT2D eigenvalue weighted by molar-refractivity contribution is -0.115. The maximum Gasteiger partial charge on any atom is 0.135 e. The van der Waals surface area contributed by atoms with Crippen molar-refractivity contribution in [3.63, 3.8) is 0 Å². The van der Waals surface area contributed by atoms with Crippen LogP contribution in [0.2, 0.25) is 0 Å². The number of aryl methyl sites for hydroxylation is 1. The molecule has 0 bridgehead atoms. The van der Waals surface area contributed by atoms with Crippen molar-refractivity contribution in [3.05, 3.63) is 29.8 Å². The highest BCUT2D eigenvalue weighted by Gasteiger charge is 1.97. The van der Waals surface area contributed by atoms with Crippen molar-refractivity contribution >= 4 is 17.2 Å². The maximum absolute atomic E-state index is 10.8. The Hall–Kier alpha value is -1.44. The number of hydrogen-bond acceptors (Lipinski definition) is 2. The molecule has 0 fully saturated rings. The second-order valence-electron chi connectivity index (χ2n) is 3.56. The third kappa shape index (κ3) is 3.52. The standard InChI is InChI=1S/C12H15NO/c1-9-5-4-6-12(7-9)13-10(2)8-11(3)14/h4-7H,8H2,1-3H3. The lowest BCUT2D eigenvalue weighted by atomic mass is 10.2. The molecule has 1 aromatic rings. The fraction of sp³-hybridized carbons (Fsp3) is 0.333. The molecule has 14 heavy (non-hydrogen) atoms. The molecule has 74 valence electrons. The van der Waals surface area contributed by atoms with E-state index in [9.17, 15) is 4.79 Å². The maximum atomic E-state index is 10.8. The number of aliphatic imine (C=N–C) groups is 1. The summed E-state index contributed by atoms with van der Waals surface area (Å²) in [6.45, 7) is 5.48. The molecular formula is C12H15NO. The van der Waals surface area contributed by atoms with Crippen molar-refractivity contribution < 1.29 is 4.79 Å². The van der Waals surface area contributed by atoms with E-state index in [-0.39, 0.29) is 5.78 Å². The van der Waals surface area contributed by atoms with Crippen molar-refractivity contribution in [2.75, 3.05) is 0 Å². The highest BCUT2D eigenvalue weighted by atomic mass is 16.1. The summed E-state index contributed by atoms with van der Waals surface area (Å²) in [7, 11) is 0. The number of carbonyl (C=O) groups excluding carboxylic acids is 1. The molecule has 0 unspecified atom stereocenters. The van der Waals surface area contributed by atoms with Gasteiger partial charge in [-0.15, -0.1) is 0 Å². The Kier molecular flexibility index (Phi) is 3.57. The van der Waals surface area contributed by atoms with Gasteiger partial charge in [0.05, 0.1) is 5.69 Å². The Morgan fingerprint density at radius 2 is 2.07 bits per heavy atom. The van der Waals surface area contributed by atoms with Gasteiger partial charge in [-0.2, -0.15) is 0 Å². The minimum Gasteiger partial charge on any atom is -0.300 e. The summed E-state index contributed by atoms with van der Waals surface area (Å²) in [6, 6.07) is 7.94. The molecule has 0 saturated heterocycles. The number of benzene rings is 1. The van der Waals surface area contributed by atoms with Gasteiger partial charge in [0.25, 0.3) is 0 Å². The first-order chi connectivity index (χ1) is 6.58. The van der Waals surface area contributed by atoms with E-state index in [1.165, 1.54) is 5.56 Å². The lowest BCUT2D eigenvalue weighted by Crippen LogP contribution is -1.98. The molecule has 0 amide bonds. The van der Waals surface area contributed by atoms with Crippen LogP contribution >= 0.6 is 0 Å². The SMILES string of the molecule is CC(=O)CC(C)=Nc1cccc(C)c1. The summed E-state index contributed by atoms with van der Waals surface area (Å²) in [6.07, 6.45) is 0.438. The third-order valence-electron chi connectivity index (χ3n) is 1.83. The summed E-state index contributed by atoms with van der Waals surface area (Å²) in [5.74, 6) is 0.152. The summed E-state index contributed by atoms with van der Waals surface area (Å²) in [5, 5.41) is 0. The van der Waals surface area contributed by atoms with E-state index in [0.717, 1.165) is 11.4 Å². The molecule has 2 heteroatoms. The third-order valence-corrected chi connectivity index (χ3v) is 1.83. The van der Waals surface area contributed by atoms with E-state index in [4.69, 9.17) is 0 Å². The van der Waals surface area contributed by atoms with E-state index in [2.05, 4.69) is 4.99 Å². The predicted molar refractivity (Wildman–Crippen MR) is 59.2 cm³/mol. The van der Waals surface area contributed by atoms with E-state index in [1.807, 2.05) is 38.1 Å². The zero-order valence-electron chi connectivity index (χ0n) is 8.87. The van der Waals surface area contributed by atoms with Crippen LogP contribution in [0.1, 0.15) is 25.8 Å². The summed E-state index contributed by atoms with van der Waals surface area (Å²) in [5.41, 5.74) is 2.97. The van der Waals surface area contributed by atoms with Crippen LogP contribution in [0.3, 0.4) is 0 Å². The van der Waals surface area contributed by atoms with Gasteiger partial charge >= 0.3 is 0 Å². The van der Waals surface area contributed by atoms with Crippen LogP contribution in [-0.4, -0.2) is 11.5 Å². The van der Waals surface area contributed by atoms with E-state index >= 15 is 0 Å². The molecule has 0 atom stereocenters. The Labute approximate surface area is 84.7 Å². The number of hydrogen-bond donors (Lipinski definition) is 0. The summed E-state index contributed by atoms with van der Waals surface area (Å²) < 4.78 is 0. The zero-order chi connectivity index (χ0) is 10.6. The van der Waals surface area contributed by atoms with Crippen LogP contribution in [-0.2, 0) is 4.79 Å². The van der Waals surface area contributed by atoms with Gasteiger partial charge in [-0.25, -0.2) is 0 Å². The van der Waals surface area contributed by atoms with Gasteiger partial charge in [0.15, 0.2) is 0 Å². The smallest absolute Gasteiger partial charge is 0.135 e. The summed E-state index contributed by atoms with van der Waals surface area (Å²) in [4.78, 5) is 15.2. The molecule has 0 N–H and O–H groups in total. The molecule has 0 aliphatic rings. The van der Waals surface area contributed by atoms with Gasteiger partial charge in [0.2, 0.25) is 0 Å². The quantitative estimate of drug-likeness (QED) is 0.672. The number of rotatable bonds is 3. The first-order valence-corrected chi connectivity index (χ1v) is 4.68. The average Bonchev–Trinajstić information content (AvgIpc) is 2.01. The first kappa shape index (κ1) is 10.6. The van der Waals surface area contributed by atoms with Gasteiger partial charge in [-0.05, 0) is 38.5 Å². The van der Waals surface area contributed by atoms with Crippen LogP contribution in [0.25, 0.3) is 0 Å². The lowest BCUT2D eigenvalue weighted by Gasteiger charge is -1.98. The predicted octanol–water partition coefficient (Wildman–Crippen LogP) is 3.07. The van der Waals surface area contributed by atoms with Crippen LogP contribution in [0, 0.1) is 6.92 Å². The molecule has 1 rings (SSSR count). The minimum atomic E-state index is 0.152. The van der Waals surface area contributed by atoms with Crippen molar-refractivity contribution in [2.24, 2.45) is 4.99 Å². The van der Waals surface area contributed by atoms with Crippen molar-refractivity contribution in [1.82, 2.24) is 0 Å². The van der Waals surface area contributed by atoms with Gasteiger partial charge < -0.3 is 0 Å². The Balaban J connectivity index is 2.80. The Morgan fingerprint density at radius 1 is 1.36 bits per heavy atom. The highest BCUT2D eigenvalue weighted by molar-refractivity contribution is 6.00. The van der Waals surface area contributed by atoms with Crippen LogP contribution in [0.15, 0.2) is 29.3 Å². The molecule has 0 aliphatic carbocycles. The fourth-order valence-corrected chi connectivity index (χ4v) is 1.32. The molecule has 0 radical (unpaired) electrons. The molecule has 1 aromatic carbocycles. The van der Waals surface area contributed by atoms with Crippen molar-refractivity contribution in [1.29, 1.82) is 0 Å². The average molecular weight is 189 g/mol. The molecule has 2 nitrogen and oxygen atoms in total. The van der Waals surface area contributed by atoms with Gasteiger partial charge in [0.1, 0.15) is 5.78 Å². The van der Waals surface area contributed by atoms with Gasteiger partial charge in [-0.1, -0.05) is 12.1 Å². The van der Waals surface area contributed by atoms with Crippen LogP contribution < -0.4 is 0 Å². The minimum absolute atomic E-state index is 0.152. The molecular weight excluding hydrogens is 174 g/mol. The molecule has 0 spiro atoms. The van der Waals surface area contributed by atoms with Gasteiger partial charge in [-0.3, -0.25) is 9.79 Å². The fourth-order valence-electron chi connectivity index (χ4n) is 1.32. The van der Waals surface area contributed by atoms with E-state index in [0.29, 0.717) is 6.42 Å². The molecule has 0 saturated carbocycles. The Morgan fingerprint density at radius 3 is 2.64 bits per heavy atom. The van der Waals surface area contributed by atoms with E-state index < -0.39 is 0 Å². The molecule has 0 aliphatic heterocycles. The van der Waals surface area contributed by atoms with Crippen molar-refractivity contribution in [3.8, 4) is 0 Å². The number of nitrogens with zero attached hydrogens (tertiary/aromatic N) is 1. The monoisotopic (exact) mass is 189 g/mol. The zero-order valence-corrected chi connectivity index (χ0v) is 8.87. The number of ketones is 1. The topological polar surface area (TPSA) is 29.4 Å². The molecule has 0 heterocycles. The highest BCUT2D eigenvalue weighted by Crippen LogP contribution is 2.14. The van der Waals surface area contributed by atoms with Gasteiger partial charge in [0, 0.05) is 12.1 Å². The first-order valence-electron chi connectivity index (χ1n) is 4.68. The van der Waals surface area contributed by atoms with Crippen LogP contribution in [0.5, 0.6) is 0 Å². The van der Waals surface area contributed by atoms with Crippen molar-refractivity contribution in [2.45, 2.75) is 27.2 Å². The number of carbonyl (C=O) groups is 1. The number of Topliss-reactive ketones (excluding diaryl/α,β-unsaturated/α-hetero) is 1. The van der Waals surface area contributed by atoms with E-state index in [1.54, 1.807) is 6.92 Å². The van der Waals surface area contributed by atoms with Crippen LogP contribution in [0.4, 0.5) is 5.69 Å². The molecule has 0 aromatic heterocycles. The Bertz CT molecular complexity index is 366. The largest absolute Gasteiger partial charge is 0.300 e. The summed E-state index contributed by atoms with van der Waals surface area (Å²) >= 11 is 0.